The summed E-state index contributed by atoms with van der Waals surface area (Å²) in [5.41, 5.74) is -2.67. The fourth-order valence-electron chi connectivity index (χ4n) is 4.82. The van der Waals surface area contributed by atoms with Crippen molar-refractivity contribution in [2.24, 2.45) is 11.8 Å². The Morgan fingerprint density at radius 2 is 1.70 bits per heavy atom. The number of allylic oxidation sites excluding steroid dienone is 2. The standard InChI is InChI=1S/C25H30F3NO4/c1-3-29(22(30)18-8-12-20(13-9-18)24(2,33)25(26,27)28)21-14-10-17(11-15-21)16-4-6-19(7-5-16)23(31)32/h4,6-9,12-13,16-17,21,33H,3,5,10-11,14-15H2,1-2H3,(H,31,32)/t16?,17-,21-,24-/m0/s1. The molecular formula is C25H30F3NO4. The van der Waals surface area contributed by atoms with Crippen molar-refractivity contribution in [1.29, 1.82) is 0 Å². The lowest BCUT2D eigenvalue weighted by atomic mass is 9.75. The van der Waals surface area contributed by atoms with Gasteiger partial charge in [0.1, 0.15) is 0 Å². The molecule has 0 bridgehead atoms. The Morgan fingerprint density at radius 3 is 2.15 bits per heavy atom. The maximum atomic E-state index is 13.1. The van der Waals surface area contributed by atoms with Gasteiger partial charge in [-0.1, -0.05) is 30.4 Å². The van der Waals surface area contributed by atoms with Crippen LogP contribution in [0.5, 0.6) is 0 Å². The predicted octanol–water partition coefficient (Wildman–Crippen LogP) is 5.06. The van der Waals surface area contributed by atoms with Gasteiger partial charge in [0, 0.05) is 18.2 Å². The van der Waals surface area contributed by atoms with E-state index in [2.05, 4.69) is 0 Å². The van der Waals surface area contributed by atoms with Crippen molar-refractivity contribution >= 4 is 11.9 Å². The predicted molar refractivity (Wildman–Crippen MR) is 117 cm³/mol. The molecule has 2 aliphatic rings. The summed E-state index contributed by atoms with van der Waals surface area (Å²) in [6.07, 6.45) is 4.80. The molecule has 1 saturated carbocycles. The highest BCUT2D eigenvalue weighted by atomic mass is 19.4. The first-order chi connectivity index (χ1) is 15.5. The highest BCUT2D eigenvalue weighted by Crippen LogP contribution is 2.39. The molecule has 1 amide bonds. The van der Waals surface area contributed by atoms with E-state index in [9.17, 15) is 27.9 Å². The number of aliphatic carboxylic acids is 1. The van der Waals surface area contributed by atoms with Gasteiger partial charge in [-0.15, -0.1) is 0 Å². The van der Waals surface area contributed by atoms with Crippen LogP contribution in [-0.2, 0) is 10.4 Å². The molecule has 2 N–H and O–H groups in total. The van der Waals surface area contributed by atoms with Gasteiger partial charge in [0.2, 0.25) is 0 Å². The van der Waals surface area contributed by atoms with Crippen molar-refractivity contribution in [3.05, 3.63) is 59.2 Å². The number of carboxylic acid groups (broad SMARTS) is 1. The average molecular weight is 466 g/mol. The van der Waals surface area contributed by atoms with Crippen LogP contribution in [0, 0.1) is 11.8 Å². The fraction of sp³-hybridized carbons (Fsp3) is 0.520. The number of rotatable bonds is 6. The summed E-state index contributed by atoms with van der Waals surface area (Å²) in [6.45, 7) is 3.07. The van der Waals surface area contributed by atoms with Gasteiger partial charge in [0.15, 0.2) is 5.60 Å². The third kappa shape index (κ3) is 5.32. The lowest BCUT2D eigenvalue weighted by molar-refractivity contribution is -0.258. The number of hydrogen-bond donors (Lipinski definition) is 2. The second kappa shape index (κ2) is 9.71. The third-order valence-corrected chi connectivity index (χ3v) is 7.01. The number of nitrogens with zero attached hydrogens (tertiary/aromatic N) is 1. The molecule has 0 heterocycles. The third-order valence-electron chi connectivity index (χ3n) is 7.01. The molecule has 2 atom stereocenters. The van der Waals surface area contributed by atoms with E-state index < -0.39 is 17.7 Å². The SMILES string of the molecule is CCN(C(=O)c1ccc([C@](C)(O)C(F)(F)F)cc1)[C@H]1CC[C@H](C2C=CC(C(=O)O)=CC2)CC1. The molecule has 2 aliphatic carbocycles. The average Bonchev–Trinajstić information content (AvgIpc) is 2.79. The van der Waals surface area contributed by atoms with E-state index in [1.165, 1.54) is 12.1 Å². The molecule has 180 valence electrons. The number of carbonyl (C=O) groups excluding carboxylic acids is 1. The van der Waals surface area contributed by atoms with Crippen LogP contribution < -0.4 is 0 Å². The zero-order chi connectivity index (χ0) is 24.4. The first-order valence-corrected chi connectivity index (χ1v) is 11.3. The van der Waals surface area contributed by atoms with Gasteiger partial charge in [-0.3, -0.25) is 4.79 Å². The number of hydrogen-bond acceptors (Lipinski definition) is 3. The Bertz CT molecular complexity index is 926. The Balaban J connectivity index is 1.62. The van der Waals surface area contributed by atoms with Crippen LogP contribution in [0.3, 0.4) is 0 Å². The monoisotopic (exact) mass is 465 g/mol. The van der Waals surface area contributed by atoms with Crippen LogP contribution in [0.15, 0.2) is 48.1 Å². The van der Waals surface area contributed by atoms with Gasteiger partial charge in [0.05, 0.1) is 5.57 Å². The van der Waals surface area contributed by atoms with Gasteiger partial charge in [-0.25, -0.2) is 4.79 Å². The van der Waals surface area contributed by atoms with Crippen LogP contribution >= 0.6 is 0 Å². The van der Waals surface area contributed by atoms with E-state index in [4.69, 9.17) is 5.11 Å². The molecule has 8 heteroatoms. The molecule has 0 aliphatic heterocycles. The number of aliphatic hydroxyl groups is 1. The Hall–Kier alpha value is -2.61. The minimum absolute atomic E-state index is 0.0504. The maximum absolute atomic E-state index is 13.1. The normalized spacial score (nSPS) is 25.2. The van der Waals surface area contributed by atoms with Crippen LogP contribution in [0.2, 0.25) is 0 Å². The summed E-state index contributed by atoms with van der Waals surface area (Å²) in [4.78, 5) is 25.9. The molecule has 0 saturated heterocycles. The number of alkyl halides is 3. The zero-order valence-electron chi connectivity index (χ0n) is 18.8. The number of carboxylic acids is 1. The summed E-state index contributed by atoms with van der Waals surface area (Å²) in [6, 6.07) is 5.03. The zero-order valence-corrected chi connectivity index (χ0v) is 18.8. The highest BCUT2D eigenvalue weighted by Gasteiger charge is 2.51. The maximum Gasteiger partial charge on any atom is 0.421 e. The van der Waals surface area contributed by atoms with Gasteiger partial charge < -0.3 is 15.1 Å². The first kappa shape index (κ1) is 25.0. The number of benzene rings is 1. The number of amides is 1. The van der Waals surface area contributed by atoms with E-state index in [1.807, 2.05) is 13.0 Å². The summed E-state index contributed by atoms with van der Waals surface area (Å²) in [7, 11) is 0. The topological polar surface area (TPSA) is 77.8 Å². The van der Waals surface area contributed by atoms with Crippen molar-refractivity contribution in [3.8, 4) is 0 Å². The highest BCUT2D eigenvalue weighted by molar-refractivity contribution is 5.94. The minimum Gasteiger partial charge on any atom is -0.478 e. The largest absolute Gasteiger partial charge is 0.478 e. The molecule has 0 spiro atoms. The molecule has 1 aromatic rings. The van der Waals surface area contributed by atoms with Gasteiger partial charge in [0.25, 0.3) is 5.91 Å². The molecule has 5 nitrogen and oxygen atoms in total. The van der Waals surface area contributed by atoms with Gasteiger partial charge in [-0.05, 0) is 75.5 Å². The smallest absolute Gasteiger partial charge is 0.421 e. The Morgan fingerprint density at radius 1 is 1.09 bits per heavy atom. The molecule has 3 rings (SSSR count). The van der Waals surface area contributed by atoms with Crippen LogP contribution in [0.25, 0.3) is 0 Å². The molecule has 0 radical (unpaired) electrons. The number of halogens is 3. The molecule has 1 unspecified atom stereocenters. The van der Waals surface area contributed by atoms with Crippen LogP contribution in [0.4, 0.5) is 13.2 Å². The lowest BCUT2D eigenvalue weighted by Gasteiger charge is -2.38. The summed E-state index contributed by atoms with van der Waals surface area (Å²) in [5, 5.41) is 18.9. The molecule has 1 aromatic carbocycles. The van der Waals surface area contributed by atoms with E-state index in [0.29, 0.717) is 42.9 Å². The Kier molecular flexibility index (Phi) is 7.36. The minimum atomic E-state index is -4.81. The van der Waals surface area contributed by atoms with E-state index in [1.54, 1.807) is 17.1 Å². The van der Waals surface area contributed by atoms with Crippen LogP contribution in [0.1, 0.15) is 61.9 Å². The quantitative estimate of drug-likeness (QED) is 0.615. The summed E-state index contributed by atoms with van der Waals surface area (Å²) in [5.74, 6) is -0.415. The molecule has 33 heavy (non-hydrogen) atoms. The van der Waals surface area contributed by atoms with Crippen molar-refractivity contribution in [1.82, 2.24) is 4.90 Å². The first-order valence-electron chi connectivity index (χ1n) is 11.3. The van der Waals surface area contributed by atoms with Gasteiger partial charge >= 0.3 is 12.1 Å². The van der Waals surface area contributed by atoms with E-state index in [-0.39, 0.29) is 17.5 Å². The summed E-state index contributed by atoms with van der Waals surface area (Å²) >= 11 is 0. The van der Waals surface area contributed by atoms with Crippen molar-refractivity contribution < 1.29 is 33.0 Å². The number of carbonyl (C=O) groups is 2. The van der Waals surface area contributed by atoms with E-state index in [0.717, 1.165) is 37.8 Å². The van der Waals surface area contributed by atoms with Gasteiger partial charge in [-0.2, -0.15) is 13.2 Å². The Labute approximate surface area is 191 Å². The molecule has 0 aromatic heterocycles. The fourth-order valence-corrected chi connectivity index (χ4v) is 4.82. The van der Waals surface area contributed by atoms with Crippen molar-refractivity contribution in [3.63, 3.8) is 0 Å². The second-order valence-corrected chi connectivity index (χ2v) is 9.03. The van der Waals surface area contributed by atoms with Crippen molar-refractivity contribution in [2.45, 2.75) is 63.8 Å². The van der Waals surface area contributed by atoms with Crippen molar-refractivity contribution in [2.75, 3.05) is 6.54 Å². The molecule has 1 fully saturated rings. The summed E-state index contributed by atoms with van der Waals surface area (Å²) < 4.78 is 39.2. The molecular weight excluding hydrogens is 435 g/mol. The van der Waals surface area contributed by atoms with Crippen LogP contribution in [-0.4, -0.2) is 45.8 Å². The lowest BCUT2D eigenvalue weighted by Crippen LogP contribution is -2.43. The van der Waals surface area contributed by atoms with E-state index >= 15 is 0 Å². The second-order valence-electron chi connectivity index (χ2n) is 9.03.